The molecule has 2 unspecified atom stereocenters. The SMILES string of the molecule is CC1CC(C)CC(c2cc3c4c(c2)N(c2c(-c5ccccc5)cccc2-c2ccccc2)c2cc(-c5ccccc5)ccc2B4c2cc(-c4cccc(-n5c6ccc(C(C)(C)C)cc6c6cc(C(C)(C)C)ccc65)c4)ccc2N3c2c(-c3ccccc3)cccc2-c2ccccc2)C1. The molecule has 0 saturated heterocycles. The molecule has 3 heterocycles. The van der Waals surface area contributed by atoms with Crippen molar-refractivity contribution >= 4 is 79.0 Å². The molecule has 1 saturated carbocycles. The Balaban J connectivity index is 0.986. The number of hydrogen-bond donors (Lipinski definition) is 0. The summed E-state index contributed by atoms with van der Waals surface area (Å²) in [7, 11) is 0. The van der Waals surface area contributed by atoms with Crippen molar-refractivity contribution in [2.45, 2.75) is 91.4 Å². The molecule has 476 valence electrons. The van der Waals surface area contributed by atoms with E-state index in [4.69, 9.17) is 0 Å². The summed E-state index contributed by atoms with van der Waals surface area (Å²) in [6.45, 7) is 18.7. The Hall–Kier alpha value is -10.7. The van der Waals surface area contributed by atoms with E-state index in [9.17, 15) is 0 Å². The molecule has 2 atom stereocenters. The fourth-order valence-electron chi connectivity index (χ4n) is 17.0. The zero-order chi connectivity index (χ0) is 66.6. The lowest BCUT2D eigenvalue weighted by atomic mass is 9.33. The van der Waals surface area contributed by atoms with Crippen LogP contribution in [0.15, 0.2) is 297 Å². The molecule has 0 N–H and O–H groups in total. The molecule has 4 heteroatoms. The first kappa shape index (κ1) is 61.0. The molecule has 13 aromatic carbocycles. The van der Waals surface area contributed by atoms with Gasteiger partial charge in [-0.3, -0.25) is 0 Å². The lowest BCUT2D eigenvalue weighted by molar-refractivity contribution is 0.268. The quantitative estimate of drug-likeness (QED) is 0.126. The molecule has 3 aliphatic rings. The Morgan fingerprint density at radius 2 is 0.724 bits per heavy atom. The van der Waals surface area contributed by atoms with Crippen LogP contribution in [0.1, 0.15) is 97.3 Å². The fraction of sp³-hybridized carbons (Fsp3) is 0.170. The van der Waals surface area contributed by atoms with Gasteiger partial charge >= 0.3 is 0 Å². The molecule has 0 bridgehead atoms. The average Bonchev–Trinajstić information content (AvgIpc) is 0.754. The Labute approximate surface area is 579 Å². The van der Waals surface area contributed by atoms with Crippen LogP contribution in [0.5, 0.6) is 0 Å². The van der Waals surface area contributed by atoms with Crippen LogP contribution in [-0.4, -0.2) is 11.3 Å². The average molecular weight is 1260 g/mol. The van der Waals surface area contributed by atoms with E-state index in [1.807, 2.05) is 0 Å². The van der Waals surface area contributed by atoms with Gasteiger partial charge in [-0.1, -0.05) is 292 Å². The molecule has 0 radical (unpaired) electrons. The summed E-state index contributed by atoms with van der Waals surface area (Å²) in [5.41, 5.74) is 32.8. The van der Waals surface area contributed by atoms with Crippen LogP contribution < -0.4 is 26.2 Å². The number of aromatic nitrogens is 1. The van der Waals surface area contributed by atoms with E-state index < -0.39 is 0 Å². The molecule has 1 aliphatic carbocycles. The van der Waals surface area contributed by atoms with Crippen LogP contribution in [0.3, 0.4) is 0 Å². The van der Waals surface area contributed by atoms with Gasteiger partial charge in [-0.15, -0.1) is 0 Å². The van der Waals surface area contributed by atoms with Gasteiger partial charge in [0, 0.05) is 61.5 Å². The lowest BCUT2D eigenvalue weighted by Crippen LogP contribution is -2.61. The Morgan fingerprint density at radius 1 is 0.316 bits per heavy atom. The number of nitrogens with zero attached hydrogens (tertiary/aromatic N) is 3. The molecule has 0 amide bonds. The normalized spacial score (nSPS) is 15.9. The Morgan fingerprint density at radius 3 is 1.19 bits per heavy atom. The van der Waals surface area contributed by atoms with Crippen LogP contribution in [0, 0.1) is 11.8 Å². The Bertz CT molecular complexity index is 5170. The number of rotatable bonds is 10. The number of anilines is 6. The maximum Gasteiger partial charge on any atom is 0.252 e. The summed E-state index contributed by atoms with van der Waals surface area (Å²) in [5, 5.41) is 2.58. The van der Waals surface area contributed by atoms with Gasteiger partial charge in [0.25, 0.3) is 6.71 Å². The summed E-state index contributed by atoms with van der Waals surface area (Å²) in [6, 6.07) is 114. The third-order valence-electron chi connectivity index (χ3n) is 21.6. The van der Waals surface area contributed by atoms with Crippen molar-refractivity contribution in [2.75, 3.05) is 9.80 Å². The maximum absolute atomic E-state index is 2.74. The van der Waals surface area contributed by atoms with E-state index in [0.29, 0.717) is 17.8 Å². The van der Waals surface area contributed by atoms with Crippen molar-refractivity contribution in [1.29, 1.82) is 0 Å². The zero-order valence-electron chi connectivity index (χ0n) is 57.6. The van der Waals surface area contributed by atoms with Gasteiger partial charge in [-0.2, -0.15) is 0 Å². The molecule has 1 fully saturated rings. The van der Waals surface area contributed by atoms with E-state index in [-0.39, 0.29) is 17.5 Å². The number of fused-ring (bicyclic) bond motifs is 7. The van der Waals surface area contributed by atoms with Gasteiger partial charge in [0.15, 0.2) is 0 Å². The number of hydrogen-bond acceptors (Lipinski definition) is 2. The van der Waals surface area contributed by atoms with Crippen molar-refractivity contribution in [3.63, 3.8) is 0 Å². The molecule has 1 aromatic heterocycles. The largest absolute Gasteiger partial charge is 0.310 e. The van der Waals surface area contributed by atoms with E-state index in [1.54, 1.807) is 0 Å². The minimum absolute atomic E-state index is 0.00559. The lowest BCUT2D eigenvalue weighted by Gasteiger charge is -2.46. The molecule has 2 aliphatic heterocycles. The van der Waals surface area contributed by atoms with Gasteiger partial charge in [0.1, 0.15) is 0 Å². The second-order valence-electron chi connectivity index (χ2n) is 30.3. The van der Waals surface area contributed by atoms with E-state index >= 15 is 0 Å². The molecular weight excluding hydrogens is 1180 g/mol. The topological polar surface area (TPSA) is 11.4 Å². The third kappa shape index (κ3) is 10.6. The van der Waals surface area contributed by atoms with E-state index in [1.165, 1.54) is 162 Å². The molecule has 98 heavy (non-hydrogen) atoms. The first-order valence-corrected chi connectivity index (χ1v) is 35.5. The number of benzene rings is 13. The molecule has 3 nitrogen and oxygen atoms in total. The second-order valence-corrected chi connectivity index (χ2v) is 30.3. The highest BCUT2D eigenvalue weighted by Gasteiger charge is 2.46. The van der Waals surface area contributed by atoms with E-state index in [2.05, 4.69) is 367 Å². The molecule has 17 rings (SSSR count). The summed E-state index contributed by atoms with van der Waals surface area (Å²) < 4.78 is 2.51. The zero-order valence-corrected chi connectivity index (χ0v) is 57.6. The predicted molar refractivity (Wildman–Crippen MR) is 420 cm³/mol. The van der Waals surface area contributed by atoms with Gasteiger partial charge in [0.05, 0.1) is 22.4 Å². The Kier molecular flexibility index (Phi) is 15.0. The smallest absolute Gasteiger partial charge is 0.252 e. The highest BCUT2D eigenvalue weighted by Crippen LogP contribution is 2.55. The van der Waals surface area contributed by atoms with Crippen LogP contribution in [0.25, 0.3) is 94.3 Å². The van der Waals surface area contributed by atoms with E-state index in [0.717, 1.165) is 18.5 Å². The first-order chi connectivity index (χ1) is 47.7. The summed E-state index contributed by atoms with van der Waals surface area (Å²) >= 11 is 0. The standard InChI is InChI=1S/C94H82BN3/c1-61-51-62(2)53-71(52-61)72-57-88-90-89(58-72)98(92-78(66-33-20-12-21-34-66)41-26-42-79(92)67-35-22-13-23-36-67)87-56-70(63-27-14-9-15-28-63)43-47-82(87)95(90)83-55-69(44-48-86(83)97(88)91-76(64-29-16-10-17-30-64)39-25-40-77(91)65-31-18-11-19-32-65)68-37-24-38-75(54-68)96-84-49-45-73(93(3,4)5)59-80(84)81-60-74(94(6,7)8)46-50-85(81)96/h9-50,54-62,71H,51-53H2,1-8H3. The summed E-state index contributed by atoms with van der Waals surface area (Å²) in [6.07, 6.45) is 3.51. The third-order valence-corrected chi connectivity index (χ3v) is 21.6. The van der Waals surface area contributed by atoms with Crippen LogP contribution in [0.2, 0.25) is 0 Å². The molecule has 0 spiro atoms. The number of para-hydroxylation sites is 2. The summed E-state index contributed by atoms with van der Waals surface area (Å²) in [4.78, 5) is 5.46. The summed E-state index contributed by atoms with van der Waals surface area (Å²) in [5.74, 6) is 1.53. The minimum Gasteiger partial charge on any atom is -0.310 e. The fourth-order valence-corrected chi connectivity index (χ4v) is 17.0. The second kappa shape index (κ2) is 24.1. The van der Waals surface area contributed by atoms with Gasteiger partial charge in [-0.05, 0) is 186 Å². The minimum atomic E-state index is -0.178. The van der Waals surface area contributed by atoms with Crippen molar-refractivity contribution < 1.29 is 0 Å². The predicted octanol–water partition coefficient (Wildman–Crippen LogP) is 24.0. The van der Waals surface area contributed by atoms with Gasteiger partial charge < -0.3 is 14.4 Å². The van der Waals surface area contributed by atoms with Gasteiger partial charge in [0.2, 0.25) is 0 Å². The van der Waals surface area contributed by atoms with Crippen molar-refractivity contribution in [1.82, 2.24) is 4.57 Å². The van der Waals surface area contributed by atoms with Crippen LogP contribution >= 0.6 is 0 Å². The van der Waals surface area contributed by atoms with Crippen LogP contribution in [-0.2, 0) is 10.8 Å². The monoisotopic (exact) mass is 1260 g/mol. The van der Waals surface area contributed by atoms with Crippen molar-refractivity contribution in [3.8, 4) is 72.4 Å². The van der Waals surface area contributed by atoms with Crippen LogP contribution in [0.4, 0.5) is 34.1 Å². The van der Waals surface area contributed by atoms with Crippen molar-refractivity contribution in [3.05, 3.63) is 314 Å². The molecular formula is C94H82BN3. The van der Waals surface area contributed by atoms with Gasteiger partial charge in [-0.25, -0.2) is 0 Å². The van der Waals surface area contributed by atoms with Crippen molar-refractivity contribution in [2.24, 2.45) is 11.8 Å². The first-order valence-electron chi connectivity index (χ1n) is 35.5. The highest BCUT2D eigenvalue weighted by molar-refractivity contribution is 7.00. The molecule has 14 aromatic rings. The maximum atomic E-state index is 2.74. The highest BCUT2D eigenvalue weighted by atomic mass is 15.2.